The van der Waals surface area contributed by atoms with E-state index in [4.69, 9.17) is 28.7 Å². The number of hydrogen-bond acceptors (Lipinski definition) is 10. The Bertz CT molecular complexity index is 1350. The second-order valence-electron chi connectivity index (χ2n) is 9.57. The number of benzene rings is 2. The number of ether oxygens (including phenoxy) is 3. The SMILES string of the molecule is COc1cccc2sc(N(COCC[Si](C)(C)C)c3nnc(-c4ccc(OCCNC(=O)O)cc4)o3)nc12. The third kappa shape index (κ3) is 7.21. The van der Waals surface area contributed by atoms with Crippen molar-refractivity contribution >= 4 is 46.9 Å². The number of nitrogens with one attached hydrogen (secondary N) is 1. The molecule has 0 atom stereocenters. The lowest BCUT2D eigenvalue weighted by molar-refractivity contribution is 0.150. The van der Waals surface area contributed by atoms with Crippen molar-refractivity contribution in [1.82, 2.24) is 20.5 Å². The maximum absolute atomic E-state index is 10.5. The van der Waals surface area contributed by atoms with Crippen LogP contribution in [0.4, 0.5) is 15.9 Å². The molecule has 0 radical (unpaired) electrons. The minimum absolute atomic E-state index is 0.192. The lowest BCUT2D eigenvalue weighted by atomic mass is 10.2. The molecule has 1 amide bonds. The number of aromatic nitrogens is 3. The molecule has 2 aromatic carbocycles. The van der Waals surface area contributed by atoms with Crippen LogP contribution in [0.1, 0.15) is 0 Å². The number of amides is 1. The molecule has 38 heavy (non-hydrogen) atoms. The number of rotatable bonds is 13. The number of fused-ring (bicyclic) bond motifs is 1. The second kappa shape index (κ2) is 12.2. The van der Waals surface area contributed by atoms with Crippen LogP contribution in [0.25, 0.3) is 21.7 Å². The molecule has 0 aliphatic carbocycles. The number of carbonyl (C=O) groups is 1. The highest BCUT2D eigenvalue weighted by molar-refractivity contribution is 7.22. The van der Waals surface area contributed by atoms with E-state index in [1.54, 1.807) is 36.3 Å². The third-order valence-electron chi connectivity index (χ3n) is 5.43. The summed E-state index contributed by atoms with van der Waals surface area (Å²) in [4.78, 5) is 17.1. The number of hydrogen-bond donors (Lipinski definition) is 2. The highest BCUT2D eigenvalue weighted by atomic mass is 32.1. The smallest absolute Gasteiger partial charge is 0.404 e. The molecule has 2 N–H and O–H groups in total. The van der Waals surface area contributed by atoms with Crippen LogP contribution in [-0.4, -0.2) is 68.1 Å². The summed E-state index contributed by atoms with van der Waals surface area (Å²) in [5.74, 6) is 1.63. The summed E-state index contributed by atoms with van der Waals surface area (Å²) in [6.07, 6.45) is -1.09. The van der Waals surface area contributed by atoms with Gasteiger partial charge < -0.3 is 29.1 Å². The normalized spacial score (nSPS) is 11.5. The fourth-order valence-corrected chi connectivity index (χ4v) is 5.10. The molecule has 11 nitrogen and oxygen atoms in total. The van der Waals surface area contributed by atoms with Crippen LogP contribution >= 0.6 is 11.3 Å². The first-order valence-corrected chi connectivity index (χ1v) is 16.6. The predicted molar refractivity (Wildman–Crippen MR) is 149 cm³/mol. The van der Waals surface area contributed by atoms with Crippen LogP contribution in [0, 0.1) is 0 Å². The van der Waals surface area contributed by atoms with E-state index >= 15 is 0 Å². The summed E-state index contributed by atoms with van der Waals surface area (Å²) in [6, 6.07) is 14.2. The molecular formula is C25H31N5O6SSi. The molecular weight excluding hydrogens is 526 g/mol. The topological polar surface area (TPSA) is 132 Å². The van der Waals surface area contributed by atoms with Gasteiger partial charge in [-0.25, -0.2) is 14.7 Å². The predicted octanol–water partition coefficient (Wildman–Crippen LogP) is 5.45. The van der Waals surface area contributed by atoms with Gasteiger partial charge in [0.25, 0.3) is 0 Å². The summed E-state index contributed by atoms with van der Waals surface area (Å²) in [6.45, 7) is 8.17. The van der Waals surface area contributed by atoms with Crippen LogP contribution < -0.4 is 19.7 Å². The Labute approximate surface area is 225 Å². The quantitative estimate of drug-likeness (QED) is 0.124. The summed E-state index contributed by atoms with van der Waals surface area (Å²) in [5.41, 5.74) is 1.47. The van der Waals surface area contributed by atoms with Gasteiger partial charge in [-0.15, -0.1) is 5.10 Å². The van der Waals surface area contributed by atoms with E-state index in [0.717, 1.165) is 16.3 Å². The van der Waals surface area contributed by atoms with Crippen molar-refractivity contribution in [2.75, 3.05) is 38.5 Å². The Kier molecular flexibility index (Phi) is 8.81. The van der Waals surface area contributed by atoms with E-state index in [-0.39, 0.29) is 25.9 Å². The lowest BCUT2D eigenvalue weighted by Crippen LogP contribution is -2.26. The molecule has 0 saturated carbocycles. The van der Waals surface area contributed by atoms with Gasteiger partial charge in [0.1, 0.15) is 30.4 Å². The zero-order valence-corrected chi connectivity index (χ0v) is 23.6. The highest BCUT2D eigenvalue weighted by Crippen LogP contribution is 2.37. The molecule has 0 unspecified atom stereocenters. The Balaban J connectivity index is 1.52. The number of methoxy groups -OCH3 is 1. The summed E-state index contributed by atoms with van der Waals surface area (Å²) in [7, 11) is 0.372. The Morgan fingerprint density at radius 1 is 1.13 bits per heavy atom. The van der Waals surface area contributed by atoms with Gasteiger partial charge in [-0.3, -0.25) is 0 Å². The number of para-hydroxylation sites is 1. The van der Waals surface area contributed by atoms with Crippen molar-refractivity contribution in [3.8, 4) is 23.0 Å². The average molecular weight is 558 g/mol. The van der Waals surface area contributed by atoms with Crippen LogP contribution in [0.15, 0.2) is 46.9 Å². The molecule has 0 saturated heterocycles. The van der Waals surface area contributed by atoms with E-state index in [9.17, 15) is 4.79 Å². The van der Waals surface area contributed by atoms with Crippen LogP contribution in [0.5, 0.6) is 11.5 Å². The van der Waals surface area contributed by atoms with Crippen LogP contribution in [-0.2, 0) is 4.74 Å². The maximum atomic E-state index is 10.5. The molecule has 2 aromatic heterocycles. The van der Waals surface area contributed by atoms with Gasteiger partial charge in [-0.2, -0.15) is 0 Å². The molecule has 0 spiro atoms. The number of nitrogens with zero attached hydrogens (tertiary/aromatic N) is 4. The van der Waals surface area contributed by atoms with E-state index < -0.39 is 14.2 Å². The minimum atomic E-state index is -1.25. The van der Waals surface area contributed by atoms with Crippen LogP contribution in [0.2, 0.25) is 25.7 Å². The largest absolute Gasteiger partial charge is 0.494 e. The standard InChI is InChI=1S/C25H31N5O6SSi/c1-33-19-6-5-7-20-21(19)27-24(37-20)30(16-34-14-15-38(2,3)4)23-29-28-22(36-23)17-8-10-18(11-9-17)35-13-12-26-25(31)32/h5-11,26H,12-16H2,1-4H3,(H,31,32). The Morgan fingerprint density at radius 3 is 2.63 bits per heavy atom. The molecule has 0 aliphatic rings. The van der Waals surface area contributed by atoms with Crippen LogP contribution in [0.3, 0.4) is 0 Å². The van der Waals surface area contributed by atoms with Crippen molar-refractivity contribution in [1.29, 1.82) is 0 Å². The van der Waals surface area contributed by atoms with Crippen molar-refractivity contribution in [2.45, 2.75) is 25.7 Å². The fourth-order valence-electron chi connectivity index (χ4n) is 3.38. The Morgan fingerprint density at radius 2 is 1.92 bits per heavy atom. The molecule has 4 aromatic rings. The third-order valence-corrected chi connectivity index (χ3v) is 8.18. The zero-order chi connectivity index (χ0) is 27.1. The van der Waals surface area contributed by atoms with E-state index in [0.29, 0.717) is 34.7 Å². The zero-order valence-electron chi connectivity index (χ0n) is 21.8. The van der Waals surface area contributed by atoms with Gasteiger partial charge in [-0.1, -0.05) is 42.1 Å². The molecule has 4 rings (SSSR count). The lowest BCUT2D eigenvalue weighted by Gasteiger charge is -2.19. The molecule has 202 valence electrons. The second-order valence-corrected chi connectivity index (χ2v) is 16.2. The summed E-state index contributed by atoms with van der Waals surface area (Å²) >= 11 is 1.49. The highest BCUT2D eigenvalue weighted by Gasteiger charge is 2.23. The first-order chi connectivity index (χ1) is 18.2. The van der Waals surface area contributed by atoms with E-state index in [2.05, 4.69) is 35.2 Å². The molecule has 0 bridgehead atoms. The minimum Gasteiger partial charge on any atom is -0.494 e. The van der Waals surface area contributed by atoms with Crippen molar-refractivity contribution in [3.05, 3.63) is 42.5 Å². The fraction of sp³-hybridized carbons (Fsp3) is 0.360. The van der Waals surface area contributed by atoms with Crippen molar-refractivity contribution in [3.63, 3.8) is 0 Å². The average Bonchev–Trinajstić information content (AvgIpc) is 3.54. The van der Waals surface area contributed by atoms with Gasteiger partial charge in [-0.05, 0) is 42.4 Å². The molecule has 0 fully saturated rings. The maximum Gasteiger partial charge on any atom is 0.404 e. The van der Waals surface area contributed by atoms with Gasteiger partial charge in [0.15, 0.2) is 5.13 Å². The van der Waals surface area contributed by atoms with E-state index in [1.165, 1.54) is 11.3 Å². The van der Waals surface area contributed by atoms with Gasteiger partial charge in [0.2, 0.25) is 5.89 Å². The van der Waals surface area contributed by atoms with Gasteiger partial charge >= 0.3 is 12.1 Å². The number of carboxylic acid groups (broad SMARTS) is 1. The number of anilines is 2. The van der Waals surface area contributed by atoms with Crippen molar-refractivity contribution < 1.29 is 28.5 Å². The number of thiazole rings is 1. The molecule has 2 heterocycles. The Hall–Kier alpha value is -3.68. The van der Waals surface area contributed by atoms with Gasteiger partial charge in [0, 0.05) is 20.2 Å². The van der Waals surface area contributed by atoms with E-state index in [1.807, 2.05) is 18.2 Å². The summed E-state index contributed by atoms with van der Waals surface area (Å²) in [5, 5.41) is 20.1. The van der Waals surface area contributed by atoms with Gasteiger partial charge in [0.05, 0.1) is 18.4 Å². The first kappa shape index (κ1) is 27.4. The first-order valence-electron chi connectivity index (χ1n) is 12.1. The molecule has 0 aliphatic heterocycles. The summed E-state index contributed by atoms with van der Waals surface area (Å²) < 4.78 is 24.1. The molecule has 13 heteroatoms. The monoisotopic (exact) mass is 557 g/mol. The van der Waals surface area contributed by atoms with Crippen molar-refractivity contribution in [2.24, 2.45) is 0 Å².